The summed E-state index contributed by atoms with van der Waals surface area (Å²) in [6.45, 7) is 8.01. The molecule has 0 bridgehead atoms. The van der Waals surface area contributed by atoms with E-state index in [0.717, 1.165) is 42.8 Å². The summed E-state index contributed by atoms with van der Waals surface area (Å²) in [6, 6.07) is 6.36. The first-order valence-electron chi connectivity index (χ1n) is 6.89. The number of fused-ring (bicyclic) bond motifs is 1. The quantitative estimate of drug-likeness (QED) is 0.699. The van der Waals surface area contributed by atoms with E-state index < -0.39 is 0 Å². The Hall–Kier alpha value is -1.39. The Balaban J connectivity index is 1.81. The molecule has 1 heterocycles. The third kappa shape index (κ3) is 4.33. The van der Waals surface area contributed by atoms with Crippen LogP contribution in [0.25, 0.3) is 11.0 Å². The van der Waals surface area contributed by atoms with Crippen molar-refractivity contribution < 1.29 is 0 Å². The van der Waals surface area contributed by atoms with Gasteiger partial charge in [-0.15, -0.1) is 0 Å². The molecule has 0 fully saturated rings. The van der Waals surface area contributed by atoms with Gasteiger partial charge in [-0.05, 0) is 57.9 Å². The topological polar surface area (TPSA) is 66.7 Å². The number of nitrogens with two attached hydrogens (primary N) is 1. The second kappa shape index (κ2) is 5.72. The Labute approximate surface area is 114 Å². The van der Waals surface area contributed by atoms with Crippen LogP contribution in [0.4, 0.5) is 0 Å². The molecule has 4 heteroatoms. The maximum absolute atomic E-state index is 5.95. The molecule has 104 valence electrons. The van der Waals surface area contributed by atoms with Crippen molar-refractivity contribution in [3.8, 4) is 0 Å². The predicted molar refractivity (Wildman–Crippen MR) is 80.0 cm³/mol. The van der Waals surface area contributed by atoms with Crippen LogP contribution >= 0.6 is 0 Å². The van der Waals surface area contributed by atoms with Crippen LogP contribution in [0.5, 0.6) is 0 Å². The van der Waals surface area contributed by atoms with E-state index in [1.54, 1.807) is 0 Å². The van der Waals surface area contributed by atoms with Gasteiger partial charge in [0.2, 0.25) is 0 Å². The van der Waals surface area contributed by atoms with Crippen molar-refractivity contribution in [3.05, 3.63) is 29.6 Å². The number of hydrogen-bond acceptors (Lipinski definition) is 3. The predicted octanol–water partition coefficient (Wildman–Crippen LogP) is 2.48. The summed E-state index contributed by atoms with van der Waals surface area (Å²) in [5, 5.41) is 3.46. The van der Waals surface area contributed by atoms with Gasteiger partial charge in [-0.3, -0.25) is 0 Å². The van der Waals surface area contributed by atoms with Gasteiger partial charge in [0.25, 0.3) is 0 Å². The molecule has 0 amide bonds. The molecule has 0 saturated heterocycles. The fourth-order valence-electron chi connectivity index (χ4n) is 2.20. The minimum Gasteiger partial charge on any atom is -0.342 e. The molecule has 0 saturated carbocycles. The van der Waals surface area contributed by atoms with Crippen LogP contribution in [0.2, 0.25) is 0 Å². The second-order valence-corrected chi connectivity index (χ2v) is 5.94. The molecule has 4 nitrogen and oxygen atoms in total. The highest BCUT2D eigenvalue weighted by atomic mass is 14.9. The number of hydrogen-bond donors (Lipinski definition) is 3. The number of aryl methyl sites for hydroxylation is 1. The minimum absolute atomic E-state index is 0.0615. The molecule has 1 aromatic heterocycles. The van der Waals surface area contributed by atoms with Crippen molar-refractivity contribution in [1.29, 1.82) is 0 Å². The van der Waals surface area contributed by atoms with Crippen LogP contribution in [0.3, 0.4) is 0 Å². The van der Waals surface area contributed by atoms with Gasteiger partial charge >= 0.3 is 0 Å². The Bertz CT molecular complexity index is 537. The van der Waals surface area contributed by atoms with Gasteiger partial charge in [0.05, 0.1) is 11.0 Å². The number of H-pyrrole nitrogens is 1. The van der Waals surface area contributed by atoms with E-state index in [2.05, 4.69) is 47.3 Å². The van der Waals surface area contributed by atoms with Crippen molar-refractivity contribution in [3.63, 3.8) is 0 Å². The number of nitrogens with one attached hydrogen (secondary N) is 2. The number of nitrogens with zero attached hydrogens (tertiary/aromatic N) is 1. The Morgan fingerprint density at radius 2 is 2.16 bits per heavy atom. The average molecular weight is 260 g/mol. The van der Waals surface area contributed by atoms with Gasteiger partial charge in [0.15, 0.2) is 0 Å². The molecule has 0 aliphatic heterocycles. The van der Waals surface area contributed by atoms with Gasteiger partial charge in [-0.25, -0.2) is 4.98 Å². The zero-order chi connectivity index (χ0) is 13.9. The fourth-order valence-corrected chi connectivity index (χ4v) is 2.20. The monoisotopic (exact) mass is 260 g/mol. The highest BCUT2D eigenvalue weighted by molar-refractivity contribution is 5.75. The normalized spacial score (nSPS) is 12.2. The third-order valence-electron chi connectivity index (χ3n) is 3.17. The molecule has 0 radical (unpaired) electrons. The summed E-state index contributed by atoms with van der Waals surface area (Å²) in [5.41, 5.74) is 9.32. The Morgan fingerprint density at radius 1 is 1.37 bits per heavy atom. The molecule has 1 aromatic carbocycles. The summed E-state index contributed by atoms with van der Waals surface area (Å²) in [7, 11) is 0. The molecule has 0 atom stereocenters. The summed E-state index contributed by atoms with van der Waals surface area (Å²) in [5.74, 6) is 0.963. The number of rotatable bonds is 6. The van der Waals surface area contributed by atoms with Crippen molar-refractivity contribution in [1.82, 2.24) is 15.3 Å². The van der Waals surface area contributed by atoms with Crippen LogP contribution in [-0.2, 0) is 6.54 Å². The lowest BCUT2D eigenvalue weighted by Gasteiger charge is -2.17. The van der Waals surface area contributed by atoms with Crippen LogP contribution in [0.1, 0.15) is 38.1 Å². The molecule has 0 aliphatic carbocycles. The molecule has 0 aliphatic rings. The molecule has 2 rings (SSSR count). The van der Waals surface area contributed by atoms with E-state index in [-0.39, 0.29) is 5.54 Å². The standard InChI is InChI=1S/C15H24N4/c1-11-18-13-6-5-12(9-14(13)19-11)10-17-8-4-7-15(2,3)16/h5-6,9,17H,4,7-8,10,16H2,1-3H3,(H,18,19). The molecular formula is C15H24N4. The molecule has 19 heavy (non-hydrogen) atoms. The van der Waals surface area contributed by atoms with E-state index >= 15 is 0 Å². The SMILES string of the molecule is Cc1nc2ccc(CNCCCC(C)(C)N)cc2[nH]1. The molecule has 0 unspecified atom stereocenters. The zero-order valence-corrected chi connectivity index (χ0v) is 12.1. The van der Waals surface area contributed by atoms with E-state index in [4.69, 9.17) is 5.73 Å². The maximum Gasteiger partial charge on any atom is 0.104 e. The van der Waals surface area contributed by atoms with Crippen LogP contribution < -0.4 is 11.1 Å². The highest BCUT2D eigenvalue weighted by Gasteiger charge is 2.09. The largest absolute Gasteiger partial charge is 0.342 e. The van der Waals surface area contributed by atoms with Crippen molar-refractivity contribution in [2.24, 2.45) is 5.73 Å². The third-order valence-corrected chi connectivity index (χ3v) is 3.17. The van der Waals surface area contributed by atoms with Gasteiger partial charge in [-0.1, -0.05) is 6.07 Å². The van der Waals surface area contributed by atoms with Gasteiger partial charge in [0.1, 0.15) is 5.82 Å². The molecule has 4 N–H and O–H groups in total. The number of benzene rings is 1. The lowest BCUT2D eigenvalue weighted by Crippen LogP contribution is -2.32. The molecule has 2 aromatic rings. The van der Waals surface area contributed by atoms with E-state index in [1.807, 2.05) is 6.92 Å². The first-order valence-corrected chi connectivity index (χ1v) is 6.89. The molecule has 0 spiro atoms. The average Bonchev–Trinajstić information content (AvgIpc) is 2.66. The van der Waals surface area contributed by atoms with Gasteiger partial charge < -0.3 is 16.0 Å². The first kappa shape index (κ1) is 14.0. The summed E-state index contributed by atoms with van der Waals surface area (Å²) >= 11 is 0. The van der Waals surface area contributed by atoms with Gasteiger partial charge in [-0.2, -0.15) is 0 Å². The van der Waals surface area contributed by atoms with E-state index in [0.29, 0.717) is 0 Å². The minimum atomic E-state index is -0.0615. The highest BCUT2D eigenvalue weighted by Crippen LogP contribution is 2.13. The van der Waals surface area contributed by atoms with Crippen molar-refractivity contribution in [2.45, 2.75) is 45.7 Å². The smallest absolute Gasteiger partial charge is 0.104 e. The number of imidazole rings is 1. The lowest BCUT2D eigenvalue weighted by molar-refractivity contribution is 0.448. The summed E-state index contributed by atoms with van der Waals surface area (Å²) in [4.78, 5) is 7.67. The number of aromatic nitrogens is 2. The van der Waals surface area contributed by atoms with Crippen LogP contribution in [0.15, 0.2) is 18.2 Å². The first-order chi connectivity index (χ1) is 8.94. The van der Waals surface area contributed by atoms with E-state index in [9.17, 15) is 0 Å². The summed E-state index contributed by atoms with van der Waals surface area (Å²) in [6.07, 6.45) is 2.15. The molecular weight excluding hydrogens is 236 g/mol. The van der Waals surface area contributed by atoms with Crippen LogP contribution in [0, 0.1) is 6.92 Å². The van der Waals surface area contributed by atoms with Crippen LogP contribution in [-0.4, -0.2) is 22.1 Å². The maximum atomic E-state index is 5.95. The van der Waals surface area contributed by atoms with Crippen molar-refractivity contribution in [2.75, 3.05) is 6.54 Å². The Kier molecular flexibility index (Phi) is 4.22. The van der Waals surface area contributed by atoms with Crippen molar-refractivity contribution >= 4 is 11.0 Å². The fraction of sp³-hybridized carbons (Fsp3) is 0.533. The zero-order valence-electron chi connectivity index (χ0n) is 12.1. The Morgan fingerprint density at radius 3 is 2.89 bits per heavy atom. The number of aromatic amines is 1. The summed E-state index contributed by atoms with van der Waals surface area (Å²) < 4.78 is 0. The van der Waals surface area contributed by atoms with Gasteiger partial charge in [0, 0.05) is 12.1 Å². The lowest BCUT2D eigenvalue weighted by atomic mass is 10.0. The van der Waals surface area contributed by atoms with E-state index in [1.165, 1.54) is 5.56 Å². The second-order valence-electron chi connectivity index (χ2n) is 5.94.